The van der Waals surface area contributed by atoms with Crippen molar-refractivity contribution in [1.82, 2.24) is 15.1 Å². The van der Waals surface area contributed by atoms with Crippen molar-refractivity contribution in [2.75, 3.05) is 7.05 Å². The van der Waals surface area contributed by atoms with E-state index in [2.05, 4.69) is 34.7 Å². The first-order valence-corrected chi connectivity index (χ1v) is 5.13. The van der Waals surface area contributed by atoms with Gasteiger partial charge in [0.25, 0.3) is 0 Å². The molecule has 14 heavy (non-hydrogen) atoms. The molecule has 1 aromatic heterocycles. The fraction of sp³-hybridized carbons (Fsp3) is 0.545. The highest BCUT2D eigenvalue weighted by Crippen LogP contribution is 2.16. The van der Waals surface area contributed by atoms with E-state index in [4.69, 9.17) is 0 Å². The van der Waals surface area contributed by atoms with E-state index >= 15 is 0 Å². The van der Waals surface area contributed by atoms with Gasteiger partial charge in [-0.25, -0.2) is 0 Å². The van der Waals surface area contributed by atoms with E-state index in [1.54, 1.807) is 0 Å². The van der Waals surface area contributed by atoms with Crippen LogP contribution in [0.15, 0.2) is 24.9 Å². The maximum Gasteiger partial charge on any atom is 0.0556 e. The highest BCUT2D eigenvalue weighted by molar-refractivity contribution is 5.08. The van der Waals surface area contributed by atoms with Gasteiger partial charge >= 0.3 is 0 Å². The Bertz CT molecular complexity index is 278. The molecule has 3 nitrogen and oxygen atoms in total. The second kappa shape index (κ2) is 5.60. The molecular weight excluding hydrogens is 174 g/mol. The highest BCUT2D eigenvalue weighted by atomic mass is 15.3. The minimum atomic E-state index is 0.335. The Kier molecular flexibility index (Phi) is 4.40. The standard InChI is InChI=1S/C11H19N3/c1-4-6-10(12-3)11-7-8-13-14(11)9-5-2/h4,7-8,10,12H,1,5-6,9H2,2-3H3. The van der Waals surface area contributed by atoms with Crippen molar-refractivity contribution >= 4 is 0 Å². The smallest absolute Gasteiger partial charge is 0.0556 e. The zero-order chi connectivity index (χ0) is 10.4. The molecule has 78 valence electrons. The number of aryl methyl sites for hydroxylation is 1. The van der Waals surface area contributed by atoms with Gasteiger partial charge in [-0.05, 0) is 26.0 Å². The lowest BCUT2D eigenvalue weighted by Gasteiger charge is -2.15. The Morgan fingerprint density at radius 3 is 3.07 bits per heavy atom. The van der Waals surface area contributed by atoms with E-state index < -0.39 is 0 Å². The monoisotopic (exact) mass is 193 g/mol. The van der Waals surface area contributed by atoms with Gasteiger partial charge in [-0.3, -0.25) is 4.68 Å². The van der Waals surface area contributed by atoms with E-state index in [1.165, 1.54) is 5.69 Å². The van der Waals surface area contributed by atoms with Crippen LogP contribution in [0.2, 0.25) is 0 Å². The van der Waals surface area contributed by atoms with Crippen LogP contribution in [0, 0.1) is 0 Å². The Labute approximate surface area is 85.8 Å². The molecule has 1 atom stereocenters. The number of hydrogen-bond donors (Lipinski definition) is 1. The molecule has 0 aliphatic heterocycles. The van der Waals surface area contributed by atoms with Gasteiger partial charge < -0.3 is 5.32 Å². The lowest BCUT2D eigenvalue weighted by atomic mass is 10.1. The van der Waals surface area contributed by atoms with Crippen LogP contribution < -0.4 is 5.32 Å². The van der Waals surface area contributed by atoms with Gasteiger partial charge in [0.15, 0.2) is 0 Å². The maximum absolute atomic E-state index is 4.30. The lowest BCUT2D eigenvalue weighted by Crippen LogP contribution is -2.19. The van der Waals surface area contributed by atoms with Crippen molar-refractivity contribution in [3.8, 4) is 0 Å². The number of hydrogen-bond acceptors (Lipinski definition) is 2. The number of nitrogens with zero attached hydrogens (tertiary/aromatic N) is 2. The predicted octanol–water partition coefficient (Wildman–Crippen LogP) is 2.13. The molecule has 0 aliphatic carbocycles. The summed E-state index contributed by atoms with van der Waals surface area (Å²) in [5.74, 6) is 0. The lowest BCUT2D eigenvalue weighted by molar-refractivity contribution is 0.501. The van der Waals surface area contributed by atoms with Gasteiger partial charge in [-0.2, -0.15) is 5.10 Å². The van der Waals surface area contributed by atoms with Crippen molar-refractivity contribution in [3.63, 3.8) is 0 Å². The molecule has 1 aromatic rings. The van der Waals surface area contributed by atoms with E-state index in [1.807, 2.05) is 19.3 Å². The molecule has 0 saturated carbocycles. The maximum atomic E-state index is 4.30. The predicted molar refractivity (Wildman–Crippen MR) is 59.1 cm³/mol. The fourth-order valence-electron chi connectivity index (χ4n) is 1.59. The van der Waals surface area contributed by atoms with Crippen LogP contribution in [0.25, 0.3) is 0 Å². The van der Waals surface area contributed by atoms with Crippen molar-refractivity contribution in [3.05, 3.63) is 30.6 Å². The summed E-state index contributed by atoms with van der Waals surface area (Å²) in [6, 6.07) is 2.40. The topological polar surface area (TPSA) is 29.9 Å². The summed E-state index contributed by atoms with van der Waals surface area (Å²) in [4.78, 5) is 0. The van der Waals surface area contributed by atoms with E-state index in [9.17, 15) is 0 Å². The molecule has 1 N–H and O–H groups in total. The van der Waals surface area contributed by atoms with Crippen molar-refractivity contribution in [1.29, 1.82) is 0 Å². The van der Waals surface area contributed by atoms with Crippen LogP contribution in [0.1, 0.15) is 31.5 Å². The van der Waals surface area contributed by atoms with Gasteiger partial charge in [0, 0.05) is 12.7 Å². The largest absolute Gasteiger partial charge is 0.311 e. The Balaban J connectivity index is 2.79. The summed E-state index contributed by atoms with van der Waals surface area (Å²) in [6.07, 6.45) is 5.84. The average Bonchev–Trinajstić information content (AvgIpc) is 2.63. The summed E-state index contributed by atoms with van der Waals surface area (Å²) < 4.78 is 2.06. The molecule has 0 radical (unpaired) electrons. The van der Waals surface area contributed by atoms with E-state index in [0.717, 1.165) is 19.4 Å². The highest BCUT2D eigenvalue weighted by Gasteiger charge is 2.11. The molecule has 0 spiro atoms. The first-order valence-electron chi connectivity index (χ1n) is 5.13. The fourth-order valence-corrected chi connectivity index (χ4v) is 1.59. The summed E-state index contributed by atoms with van der Waals surface area (Å²) in [6.45, 7) is 6.91. The summed E-state index contributed by atoms with van der Waals surface area (Å²) in [5.41, 5.74) is 1.24. The molecule has 1 heterocycles. The molecule has 0 saturated heterocycles. The molecule has 0 fully saturated rings. The van der Waals surface area contributed by atoms with Crippen LogP contribution in [0.4, 0.5) is 0 Å². The third-order valence-corrected chi connectivity index (χ3v) is 2.29. The third-order valence-electron chi connectivity index (χ3n) is 2.29. The van der Waals surface area contributed by atoms with Crippen LogP contribution in [0.5, 0.6) is 0 Å². The molecule has 1 unspecified atom stereocenters. The Morgan fingerprint density at radius 1 is 1.71 bits per heavy atom. The zero-order valence-corrected chi connectivity index (χ0v) is 9.03. The molecule has 0 aromatic carbocycles. The van der Waals surface area contributed by atoms with Crippen molar-refractivity contribution < 1.29 is 0 Å². The van der Waals surface area contributed by atoms with Crippen molar-refractivity contribution in [2.24, 2.45) is 0 Å². The normalized spacial score (nSPS) is 12.7. The number of rotatable bonds is 6. The SMILES string of the molecule is C=CCC(NC)c1ccnn1CCC. The van der Waals surface area contributed by atoms with Crippen molar-refractivity contribution in [2.45, 2.75) is 32.4 Å². The van der Waals surface area contributed by atoms with Crippen LogP contribution in [-0.2, 0) is 6.54 Å². The summed E-state index contributed by atoms with van der Waals surface area (Å²) in [5, 5.41) is 7.57. The minimum absolute atomic E-state index is 0.335. The van der Waals surface area contributed by atoms with Gasteiger partial charge in [0.1, 0.15) is 0 Å². The van der Waals surface area contributed by atoms with Crippen LogP contribution >= 0.6 is 0 Å². The third kappa shape index (κ3) is 2.45. The van der Waals surface area contributed by atoms with Gasteiger partial charge in [0.2, 0.25) is 0 Å². The number of aromatic nitrogens is 2. The number of nitrogens with one attached hydrogen (secondary N) is 1. The molecule has 3 heteroatoms. The minimum Gasteiger partial charge on any atom is -0.311 e. The van der Waals surface area contributed by atoms with E-state index in [-0.39, 0.29) is 0 Å². The second-order valence-corrected chi connectivity index (χ2v) is 3.34. The Morgan fingerprint density at radius 2 is 2.50 bits per heavy atom. The molecule has 1 rings (SSSR count). The molecular formula is C11H19N3. The zero-order valence-electron chi connectivity index (χ0n) is 9.03. The summed E-state index contributed by atoms with van der Waals surface area (Å²) >= 11 is 0. The Hall–Kier alpha value is -1.09. The second-order valence-electron chi connectivity index (χ2n) is 3.34. The average molecular weight is 193 g/mol. The van der Waals surface area contributed by atoms with Gasteiger partial charge in [-0.15, -0.1) is 6.58 Å². The first-order chi connectivity index (χ1) is 6.83. The molecule has 0 aliphatic rings. The van der Waals surface area contributed by atoms with Gasteiger partial charge in [-0.1, -0.05) is 13.0 Å². The quantitative estimate of drug-likeness (QED) is 0.701. The van der Waals surface area contributed by atoms with Crippen LogP contribution in [0.3, 0.4) is 0 Å². The van der Waals surface area contributed by atoms with Crippen LogP contribution in [-0.4, -0.2) is 16.8 Å². The molecule has 0 bridgehead atoms. The van der Waals surface area contributed by atoms with E-state index in [0.29, 0.717) is 6.04 Å². The molecule has 0 amide bonds. The summed E-state index contributed by atoms with van der Waals surface area (Å²) in [7, 11) is 1.97. The first kappa shape index (κ1) is 11.0. The van der Waals surface area contributed by atoms with Gasteiger partial charge in [0.05, 0.1) is 11.7 Å².